The van der Waals surface area contributed by atoms with Crippen molar-refractivity contribution in [1.82, 2.24) is 5.32 Å². The van der Waals surface area contributed by atoms with Crippen molar-refractivity contribution in [2.75, 3.05) is 0 Å². The van der Waals surface area contributed by atoms with E-state index in [2.05, 4.69) is 5.32 Å². The lowest BCUT2D eigenvalue weighted by Gasteiger charge is -2.36. The number of carbonyl (C=O) groups is 2. The predicted octanol–water partition coefficient (Wildman–Crippen LogP) is 5.96. The molecule has 2 aliphatic rings. The van der Waals surface area contributed by atoms with Crippen molar-refractivity contribution in [2.24, 2.45) is 0 Å². The summed E-state index contributed by atoms with van der Waals surface area (Å²) < 4.78 is 11.5. The monoisotopic (exact) mass is 523 g/mol. The van der Waals surface area contributed by atoms with Gasteiger partial charge in [-0.3, -0.25) is 9.59 Å². The molecule has 7 heteroatoms. The molecule has 0 saturated heterocycles. The Morgan fingerprint density at radius 2 is 1.82 bits per heavy atom. The molecule has 38 heavy (non-hydrogen) atoms. The van der Waals surface area contributed by atoms with Crippen LogP contribution in [-0.4, -0.2) is 11.8 Å². The molecular weight excluding hydrogens is 498 g/mol. The smallest absolute Gasteiger partial charge is 0.337 e. The molecule has 2 atom stereocenters. The molecule has 1 aliphatic carbocycles. The SMILES string of the molecule is CC1=C(C(=O)OCc2ccccc2)[C@H](c2coc3ccccc3c2=O)C2=C(C[C@@H](c3cccs3)CC2=O)N1. The van der Waals surface area contributed by atoms with Crippen LogP contribution in [0.5, 0.6) is 0 Å². The summed E-state index contributed by atoms with van der Waals surface area (Å²) in [6, 6.07) is 20.4. The van der Waals surface area contributed by atoms with E-state index in [1.807, 2.05) is 47.8 Å². The van der Waals surface area contributed by atoms with Crippen molar-refractivity contribution in [3.63, 3.8) is 0 Å². The Morgan fingerprint density at radius 3 is 2.61 bits per heavy atom. The molecule has 0 unspecified atom stereocenters. The van der Waals surface area contributed by atoms with E-state index in [9.17, 15) is 14.4 Å². The number of dihydropyridines is 1. The average molecular weight is 524 g/mol. The fourth-order valence-electron chi connectivity index (χ4n) is 5.44. The molecule has 0 saturated carbocycles. The van der Waals surface area contributed by atoms with Crippen molar-refractivity contribution in [1.29, 1.82) is 0 Å². The summed E-state index contributed by atoms with van der Waals surface area (Å²) >= 11 is 1.63. The number of Topliss-reactive ketones (excluding diaryl/α,β-unsaturated/α-hetero) is 1. The van der Waals surface area contributed by atoms with Gasteiger partial charge in [0.1, 0.15) is 12.2 Å². The molecule has 2 aromatic heterocycles. The first-order chi connectivity index (χ1) is 18.5. The van der Waals surface area contributed by atoms with Gasteiger partial charge in [-0.2, -0.15) is 0 Å². The van der Waals surface area contributed by atoms with Gasteiger partial charge in [-0.25, -0.2) is 4.79 Å². The van der Waals surface area contributed by atoms with Crippen LogP contribution in [0.4, 0.5) is 0 Å². The third-order valence-electron chi connectivity index (χ3n) is 7.22. The summed E-state index contributed by atoms with van der Waals surface area (Å²) in [6.07, 6.45) is 2.31. The largest absolute Gasteiger partial charge is 0.464 e. The number of hydrogen-bond donors (Lipinski definition) is 1. The van der Waals surface area contributed by atoms with Gasteiger partial charge in [-0.1, -0.05) is 48.5 Å². The fourth-order valence-corrected chi connectivity index (χ4v) is 6.27. The summed E-state index contributed by atoms with van der Waals surface area (Å²) in [5.41, 5.74) is 3.30. The number of thiophene rings is 1. The van der Waals surface area contributed by atoms with Gasteiger partial charge in [-0.05, 0) is 42.5 Å². The first-order valence-corrected chi connectivity index (χ1v) is 13.4. The number of benzene rings is 2. The van der Waals surface area contributed by atoms with Crippen LogP contribution in [0.2, 0.25) is 0 Å². The molecule has 6 nitrogen and oxygen atoms in total. The zero-order valence-electron chi connectivity index (χ0n) is 20.7. The molecule has 2 aromatic carbocycles. The number of nitrogens with one attached hydrogen (secondary N) is 1. The number of esters is 1. The highest BCUT2D eigenvalue weighted by atomic mass is 32.1. The third kappa shape index (κ3) is 4.29. The third-order valence-corrected chi connectivity index (χ3v) is 8.26. The van der Waals surface area contributed by atoms with E-state index >= 15 is 0 Å². The van der Waals surface area contributed by atoms with Crippen molar-refractivity contribution < 1.29 is 18.7 Å². The van der Waals surface area contributed by atoms with Crippen LogP contribution in [0.3, 0.4) is 0 Å². The van der Waals surface area contributed by atoms with Crippen LogP contribution in [0.1, 0.15) is 47.6 Å². The number of fused-ring (bicyclic) bond motifs is 1. The Bertz CT molecular complexity index is 1660. The molecule has 0 bridgehead atoms. The molecule has 6 rings (SSSR count). The van der Waals surface area contributed by atoms with Gasteiger partial charge >= 0.3 is 5.97 Å². The molecule has 0 radical (unpaired) electrons. The van der Waals surface area contributed by atoms with Gasteiger partial charge in [-0.15, -0.1) is 11.3 Å². The predicted molar refractivity (Wildman–Crippen MR) is 146 cm³/mol. The van der Waals surface area contributed by atoms with Crippen molar-refractivity contribution in [3.8, 4) is 0 Å². The lowest BCUT2D eigenvalue weighted by molar-refractivity contribution is -0.140. The van der Waals surface area contributed by atoms with Gasteiger partial charge in [0.25, 0.3) is 0 Å². The molecule has 0 amide bonds. The Hall–Kier alpha value is -4.23. The maximum Gasteiger partial charge on any atom is 0.337 e. The highest BCUT2D eigenvalue weighted by molar-refractivity contribution is 7.10. The van der Waals surface area contributed by atoms with Crippen molar-refractivity contribution >= 4 is 34.1 Å². The van der Waals surface area contributed by atoms with Gasteiger partial charge < -0.3 is 14.5 Å². The lowest BCUT2D eigenvalue weighted by Crippen LogP contribution is -2.37. The summed E-state index contributed by atoms with van der Waals surface area (Å²) in [4.78, 5) is 42.2. The minimum Gasteiger partial charge on any atom is -0.464 e. The standard InChI is InChI=1S/C31H25NO5S/c1-18-27(31(35)37-16-19-8-3-2-4-9-19)28(22-17-36-25-11-6-5-10-21(25)30(22)34)29-23(32-18)14-20(15-24(29)33)26-12-7-13-38-26/h2-13,17,20,28,32H,14-16H2,1H3/t20-,28+/m1/s1. The van der Waals surface area contributed by atoms with Crippen LogP contribution in [0.25, 0.3) is 11.0 Å². The van der Waals surface area contributed by atoms with Gasteiger partial charge in [0, 0.05) is 39.7 Å². The molecule has 190 valence electrons. The number of ketones is 1. The van der Waals surface area contributed by atoms with E-state index < -0.39 is 11.9 Å². The van der Waals surface area contributed by atoms with Crippen LogP contribution in [0, 0.1) is 0 Å². The lowest BCUT2D eigenvalue weighted by atomic mass is 9.73. The topological polar surface area (TPSA) is 85.6 Å². The van der Waals surface area contributed by atoms with E-state index in [4.69, 9.17) is 9.15 Å². The minimum atomic E-state index is -0.882. The second-order valence-electron chi connectivity index (χ2n) is 9.61. The van der Waals surface area contributed by atoms with E-state index in [1.54, 1.807) is 42.5 Å². The Kier molecular flexibility index (Phi) is 6.29. The van der Waals surface area contributed by atoms with E-state index in [0.29, 0.717) is 35.1 Å². The van der Waals surface area contributed by atoms with E-state index in [0.717, 1.165) is 16.1 Å². The maximum absolute atomic E-state index is 13.7. The van der Waals surface area contributed by atoms with E-state index in [1.165, 1.54) is 6.26 Å². The molecule has 1 aliphatic heterocycles. The summed E-state index contributed by atoms with van der Waals surface area (Å²) in [5, 5.41) is 5.75. The van der Waals surface area contributed by atoms with Crippen LogP contribution in [-0.2, 0) is 20.9 Å². The Morgan fingerprint density at radius 1 is 1.03 bits per heavy atom. The van der Waals surface area contributed by atoms with Gasteiger partial charge in [0.2, 0.25) is 0 Å². The van der Waals surface area contributed by atoms with Crippen LogP contribution in [0.15, 0.2) is 110 Å². The average Bonchev–Trinajstić information content (AvgIpc) is 3.47. The number of ether oxygens (including phenoxy) is 1. The minimum absolute atomic E-state index is 0.0433. The number of hydrogen-bond acceptors (Lipinski definition) is 7. The Labute approximate surface area is 223 Å². The van der Waals surface area contributed by atoms with Gasteiger partial charge in [0.15, 0.2) is 11.2 Å². The number of para-hydroxylation sites is 1. The number of rotatable bonds is 5. The summed E-state index contributed by atoms with van der Waals surface area (Å²) in [7, 11) is 0. The quantitative estimate of drug-likeness (QED) is 0.325. The Balaban J connectivity index is 1.45. The number of allylic oxidation sites excluding steroid dienone is 3. The molecule has 3 heterocycles. The van der Waals surface area contributed by atoms with Crippen LogP contribution >= 0.6 is 11.3 Å². The van der Waals surface area contributed by atoms with Crippen LogP contribution < -0.4 is 10.7 Å². The highest BCUT2D eigenvalue weighted by Gasteiger charge is 2.43. The van der Waals surface area contributed by atoms with Gasteiger partial charge in [0.05, 0.1) is 23.1 Å². The molecule has 1 N–H and O–H groups in total. The second-order valence-corrected chi connectivity index (χ2v) is 10.6. The van der Waals surface area contributed by atoms with E-state index in [-0.39, 0.29) is 34.9 Å². The highest BCUT2D eigenvalue weighted by Crippen LogP contribution is 2.46. The molecule has 0 spiro atoms. The molecule has 0 fully saturated rings. The summed E-state index contributed by atoms with van der Waals surface area (Å²) in [6.45, 7) is 1.87. The second kappa shape index (κ2) is 9.91. The summed E-state index contributed by atoms with van der Waals surface area (Å²) in [5.74, 6) is -1.50. The fraction of sp³-hybridized carbons (Fsp3) is 0.194. The van der Waals surface area contributed by atoms with Crippen molar-refractivity contribution in [2.45, 2.75) is 38.2 Å². The zero-order chi connectivity index (χ0) is 26.2. The first kappa shape index (κ1) is 24.1. The maximum atomic E-state index is 13.7. The molecular formula is C31H25NO5S. The first-order valence-electron chi connectivity index (χ1n) is 12.5. The zero-order valence-corrected chi connectivity index (χ0v) is 21.5. The van der Waals surface area contributed by atoms with Crippen molar-refractivity contribution in [3.05, 3.63) is 127 Å². The number of carbonyl (C=O) groups excluding carboxylic acids is 2. The molecule has 4 aromatic rings. The normalized spacial score (nSPS) is 19.3.